The third-order valence-corrected chi connectivity index (χ3v) is 3.97. The highest BCUT2D eigenvalue weighted by Gasteiger charge is 2.11. The number of esters is 1. The van der Waals surface area contributed by atoms with Crippen LogP contribution in [0, 0.1) is 0 Å². The molecule has 0 saturated carbocycles. The molecule has 27 heavy (non-hydrogen) atoms. The van der Waals surface area contributed by atoms with Gasteiger partial charge in [0.2, 0.25) is 0 Å². The minimum Gasteiger partial charge on any atom is -0.463 e. The number of anilines is 1. The maximum Gasteiger partial charge on any atom is 0.332 e. The van der Waals surface area contributed by atoms with Gasteiger partial charge in [0.1, 0.15) is 5.82 Å². The molecule has 0 radical (unpaired) electrons. The Balaban J connectivity index is 1.90. The summed E-state index contributed by atoms with van der Waals surface area (Å²) in [6.45, 7) is 4.60. The van der Waals surface area contributed by atoms with Crippen LogP contribution < -0.4 is 5.32 Å². The fraction of sp³-hybridized carbons (Fsp3) is 0.182. The van der Waals surface area contributed by atoms with E-state index < -0.39 is 0 Å². The van der Waals surface area contributed by atoms with E-state index in [2.05, 4.69) is 17.4 Å². The number of aromatic nitrogens is 2. The zero-order valence-corrected chi connectivity index (χ0v) is 15.6. The van der Waals surface area contributed by atoms with E-state index in [4.69, 9.17) is 9.84 Å². The van der Waals surface area contributed by atoms with Crippen molar-refractivity contribution in [2.24, 2.45) is 0 Å². The van der Waals surface area contributed by atoms with Crippen molar-refractivity contribution in [1.29, 1.82) is 0 Å². The van der Waals surface area contributed by atoms with Gasteiger partial charge in [0.25, 0.3) is 0 Å². The van der Waals surface area contributed by atoms with Crippen LogP contribution in [0.1, 0.15) is 19.4 Å². The number of benzene rings is 2. The Morgan fingerprint density at radius 1 is 1.11 bits per heavy atom. The molecule has 1 N–H and O–H groups in total. The van der Waals surface area contributed by atoms with Crippen molar-refractivity contribution in [2.45, 2.75) is 20.4 Å². The van der Waals surface area contributed by atoms with Crippen molar-refractivity contribution < 1.29 is 9.53 Å². The van der Waals surface area contributed by atoms with Crippen molar-refractivity contribution in [2.75, 3.05) is 11.9 Å². The number of ether oxygens (including phenoxy) is 1. The first-order chi connectivity index (χ1) is 13.2. The van der Waals surface area contributed by atoms with E-state index in [1.807, 2.05) is 66.2 Å². The molecule has 5 heteroatoms. The molecule has 0 bridgehead atoms. The Morgan fingerprint density at radius 3 is 2.44 bits per heavy atom. The molecule has 3 aromatic rings. The van der Waals surface area contributed by atoms with Gasteiger partial charge >= 0.3 is 5.97 Å². The summed E-state index contributed by atoms with van der Waals surface area (Å²) >= 11 is 0. The van der Waals surface area contributed by atoms with Gasteiger partial charge in [-0.3, -0.25) is 0 Å². The van der Waals surface area contributed by atoms with Gasteiger partial charge < -0.3 is 10.1 Å². The smallest absolute Gasteiger partial charge is 0.332 e. The lowest BCUT2D eigenvalue weighted by atomic mass is 10.1. The predicted molar refractivity (Wildman–Crippen MR) is 107 cm³/mol. The lowest BCUT2D eigenvalue weighted by Gasteiger charge is -2.10. The minimum absolute atomic E-state index is 0.354. The number of nitrogens with zero attached hydrogens (tertiary/aromatic N) is 2. The lowest BCUT2D eigenvalue weighted by Crippen LogP contribution is -2.09. The number of allylic oxidation sites excluding steroid dienone is 1. The average molecular weight is 361 g/mol. The zero-order chi connectivity index (χ0) is 19.1. The molecule has 5 nitrogen and oxygen atoms in total. The lowest BCUT2D eigenvalue weighted by molar-refractivity contribution is -0.137. The highest BCUT2D eigenvalue weighted by atomic mass is 16.5. The summed E-state index contributed by atoms with van der Waals surface area (Å²) in [5.74, 6) is 0.454. The molecule has 0 aliphatic heterocycles. The van der Waals surface area contributed by atoms with E-state index in [9.17, 15) is 4.79 Å². The molecule has 3 rings (SSSR count). The standard InChI is InChI=1S/C22H23N3O2/c1-3-27-22(26)14-17(2)23-21-15-20(19-12-8-5-9-13-19)24-25(21)16-18-10-6-4-7-11-18/h4-15,23H,3,16H2,1-2H3/b17-14-. The molecule has 138 valence electrons. The van der Waals surface area contributed by atoms with Crippen LogP contribution in [-0.2, 0) is 16.1 Å². The summed E-state index contributed by atoms with van der Waals surface area (Å²) < 4.78 is 6.88. The fourth-order valence-corrected chi connectivity index (χ4v) is 2.74. The summed E-state index contributed by atoms with van der Waals surface area (Å²) in [6, 6.07) is 22.1. The van der Waals surface area contributed by atoms with Gasteiger partial charge in [-0.05, 0) is 19.4 Å². The van der Waals surface area contributed by atoms with Crippen LogP contribution in [0.4, 0.5) is 5.82 Å². The van der Waals surface area contributed by atoms with E-state index in [1.54, 1.807) is 6.92 Å². The van der Waals surface area contributed by atoms with Crippen LogP contribution in [0.25, 0.3) is 11.3 Å². The van der Waals surface area contributed by atoms with Crippen LogP contribution >= 0.6 is 0 Å². The number of carbonyl (C=O) groups is 1. The molecule has 0 aliphatic carbocycles. The Bertz CT molecular complexity index is 915. The third-order valence-electron chi connectivity index (χ3n) is 3.97. The van der Waals surface area contributed by atoms with Crippen molar-refractivity contribution in [3.8, 4) is 11.3 Å². The Hall–Kier alpha value is -3.34. The minimum atomic E-state index is -0.361. The molecular weight excluding hydrogens is 338 g/mol. The van der Waals surface area contributed by atoms with Gasteiger partial charge in [0.15, 0.2) is 0 Å². The topological polar surface area (TPSA) is 56.1 Å². The highest BCUT2D eigenvalue weighted by Crippen LogP contribution is 2.23. The van der Waals surface area contributed by atoms with Crippen LogP contribution in [0.15, 0.2) is 78.5 Å². The number of carbonyl (C=O) groups excluding carboxylic acids is 1. The SMILES string of the molecule is CCOC(=O)/C=C(/C)Nc1cc(-c2ccccc2)nn1Cc1ccccc1. The van der Waals surface area contributed by atoms with Crippen LogP contribution in [0.3, 0.4) is 0 Å². The van der Waals surface area contributed by atoms with E-state index in [0.717, 1.165) is 22.6 Å². The molecule has 0 aliphatic rings. The first-order valence-electron chi connectivity index (χ1n) is 8.95. The molecule has 1 aromatic heterocycles. The number of hydrogen-bond acceptors (Lipinski definition) is 4. The van der Waals surface area contributed by atoms with Gasteiger partial charge in [-0.1, -0.05) is 60.7 Å². The molecule has 0 fully saturated rings. The zero-order valence-electron chi connectivity index (χ0n) is 15.6. The highest BCUT2D eigenvalue weighted by molar-refractivity contribution is 5.83. The van der Waals surface area contributed by atoms with Crippen molar-refractivity contribution in [3.63, 3.8) is 0 Å². The van der Waals surface area contributed by atoms with Gasteiger partial charge in [0.05, 0.1) is 18.8 Å². The second kappa shape index (κ2) is 8.85. The van der Waals surface area contributed by atoms with Crippen molar-refractivity contribution in [1.82, 2.24) is 9.78 Å². The van der Waals surface area contributed by atoms with Crippen molar-refractivity contribution >= 4 is 11.8 Å². The Morgan fingerprint density at radius 2 is 1.78 bits per heavy atom. The quantitative estimate of drug-likeness (QED) is 0.498. The fourth-order valence-electron chi connectivity index (χ4n) is 2.74. The monoisotopic (exact) mass is 361 g/mol. The first-order valence-corrected chi connectivity index (χ1v) is 8.95. The number of hydrogen-bond donors (Lipinski definition) is 1. The maximum absolute atomic E-state index is 11.7. The van der Waals surface area contributed by atoms with Gasteiger partial charge in [-0.2, -0.15) is 5.10 Å². The van der Waals surface area contributed by atoms with E-state index in [0.29, 0.717) is 18.8 Å². The second-order valence-electron chi connectivity index (χ2n) is 6.13. The normalized spacial score (nSPS) is 11.3. The van der Waals surface area contributed by atoms with Gasteiger partial charge in [-0.25, -0.2) is 9.48 Å². The summed E-state index contributed by atoms with van der Waals surface area (Å²) in [4.78, 5) is 11.7. The van der Waals surface area contributed by atoms with Gasteiger partial charge in [0, 0.05) is 23.4 Å². The molecule has 0 unspecified atom stereocenters. The molecule has 0 saturated heterocycles. The van der Waals surface area contributed by atoms with Crippen LogP contribution in [0.2, 0.25) is 0 Å². The van der Waals surface area contributed by atoms with Crippen LogP contribution in [-0.4, -0.2) is 22.4 Å². The number of nitrogens with one attached hydrogen (secondary N) is 1. The first kappa shape index (κ1) is 18.5. The Kier molecular flexibility index (Phi) is 6.05. The summed E-state index contributed by atoms with van der Waals surface area (Å²) in [5, 5.41) is 8.03. The molecular formula is C22H23N3O2. The Labute approximate surface area is 159 Å². The maximum atomic E-state index is 11.7. The largest absolute Gasteiger partial charge is 0.463 e. The molecule has 0 spiro atoms. The summed E-state index contributed by atoms with van der Waals surface area (Å²) in [6.07, 6.45) is 1.45. The third kappa shape index (κ3) is 5.07. The average Bonchev–Trinajstić information content (AvgIpc) is 3.05. The van der Waals surface area contributed by atoms with E-state index in [1.165, 1.54) is 6.08 Å². The molecule has 0 atom stereocenters. The number of rotatable bonds is 7. The summed E-state index contributed by atoms with van der Waals surface area (Å²) in [7, 11) is 0. The predicted octanol–water partition coefficient (Wildman–Crippen LogP) is 4.48. The molecule has 2 aromatic carbocycles. The van der Waals surface area contributed by atoms with Crippen LogP contribution in [0.5, 0.6) is 0 Å². The van der Waals surface area contributed by atoms with Crippen molar-refractivity contribution in [3.05, 3.63) is 84.1 Å². The van der Waals surface area contributed by atoms with E-state index in [-0.39, 0.29) is 5.97 Å². The molecule has 1 heterocycles. The molecule has 0 amide bonds. The second-order valence-corrected chi connectivity index (χ2v) is 6.13. The van der Waals surface area contributed by atoms with E-state index >= 15 is 0 Å². The summed E-state index contributed by atoms with van der Waals surface area (Å²) in [5.41, 5.74) is 3.76. The van der Waals surface area contributed by atoms with Gasteiger partial charge in [-0.15, -0.1) is 0 Å².